The summed E-state index contributed by atoms with van der Waals surface area (Å²) in [5.74, 6) is 0. The molecule has 0 amide bonds. The Bertz CT molecular complexity index is 1380. The minimum Gasteiger partial charge on any atom is -0.374 e. The first-order valence-corrected chi connectivity index (χ1v) is 19.6. The Kier molecular flexibility index (Phi) is 13.8. The molecule has 3 aromatic rings. The van der Waals surface area contributed by atoms with E-state index in [1.165, 1.54) is 0 Å². The molecule has 2 unspecified atom stereocenters. The summed E-state index contributed by atoms with van der Waals surface area (Å²) < 4.78 is 47.8. The molecule has 2 aliphatic heterocycles. The molecule has 242 valence electrons. The summed E-state index contributed by atoms with van der Waals surface area (Å²) in [5, 5.41) is 0. The van der Waals surface area contributed by atoms with Crippen LogP contribution in [0.2, 0.25) is 0 Å². The molecule has 6 nitrogen and oxygen atoms in total. The van der Waals surface area contributed by atoms with Gasteiger partial charge in [0.05, 0.1) is 49.3 Å². The largest absolute Gasteiger partial charge is 0.374 e. The fourth-order valence-electron chi connectivity index (χ4n) is 5.60. The Labute approximate surface area is 290 Å². The van der Waals surface area contributed by atoms with E-state index in [-0.39, 0.29) is 22.9 Å². The predicted molar refractivity (Wildman–Crippen MR) is 189 cm³/mol. The summed E-state index contributed by atoms with van der Waals surface area (Å²) in [6.45, 7) is 1.69. The van der Waals surface area contributed by atoms with Crippen LogP contribution in [0.15, 0.2) is 100.0 Å². The molecule has 3 aromatic carbocycles. The van der Waals surface area contributed by atoms with Gasteiger partial charge in [0, 0.05) is 26.0 Å². The lowest BCUT2D eigenvalue weighted by Gasteiger charge is -2.47. The quantitative estimate of drug-likeness (QED) is 0.155. The van der Waals surface area contributed by atoms with Crippen molar-refractivity contribution in [1.82, 2.24) is 0 Å². The van der Waals surface area contributed by atoms with E-state index in [1.54, 1.807) is 18.0 Å². The number of ether oxygens (including phenoxy) is 5. The highest BCUT2D eigenvalue weighted by Gasteiger charge is 2.49. The lowest BCUT2D eigenvalue weighted by atomic mass is 9.91. The number of rotatable bonds is 14. The number of hydrogen-bond acceptors (Lipinski definition) is 7. The lowest BCUT2D eigenvalue weighted by molar-refractivity contribution is -0.267. The molecule has 8 atom stereocenters. The van der Waals surface area contributed by atoms with Gasteiger partial charge in [0.2, 0.25) is 0 Å². The van der Waals surface area contributed by atoms with Crippen LogP contribution in [0.3, 0.4) is 0 Å². The van der Waals surface area contributed by atoms with Crippen molar-refractivity contribution < 1.29 is 27.9 Å². The zero-order valence-electron chi connectivity index (χ0n) is 25.5. The Hall–Kier alpha value is -1.34. The molecule has 0 saturated carbocycles. The number of hydrogen-bond donors (Lipinski definition) is 0. The third kappa shape index (κ3) is 10.3. The minimum atomic E-state index is -1.03. The third-order valence-corrected chi connectivity index (χ3v) is 12.0. The van der Waals surface area contributed by atoms with Crippen molar-refractivity contribution in [2.45, 2.75) is 73.9 Å². The number of thioether (sulfide) groups is 1. The van der Waals surface area contributed by atoms with Crippen molar-refractivity contribution in [2.24, 2.45) is 0 Å². The molecule has 0 bridgehead atoms. The fraction of sp³-hybridized carbons (Fsp3) is 0.429. The van der Waals surface area contributed by atoms with Crippen LogP contribution in [0, 0.1) is 0 Å². The first-order valence-electron chi connectivity index (χ1n) is 15.1. The highest BCUT2D eigenvalue weighted by molar-refractivity contribution is 9.10. The molecule has 45 heavy (non-hydrogen) atoms. The van der Waals surface area contributed by atoms with Gasteiger partial charge < -0.3 is 23.7 Å². The summed E-state index contributed by atoms with van der Waals surface area (Å²) in [5.41, 5.74) is 3.21. The number of halogens is 2. The smallest absolute Gasteiger partial charge is 0.115 e. The van der Waals surface area contributed by atoms with Crippen molar-refractivity contribution in [3.63, 3.8) is 0 Å². The van der Waals surface area contributed by atoms with Gasteiger partial charge >= 0.3 is 0 Å². The first-order chi connectivity index (χ1) is 21.9. The van der Waals surface area contributed by atoms with Crippen LogP contribution in [-0.4, -0.2) is 64.5 Å². The van der Waals surface area contributed by atoms with Gasteiger partial charge in [-0.25, -0.2) is 0 Å². The zero-order chi connectivity index (χ0) is 31.6. The van der Waals surface area contributed by atoms with Crippen LogP contribution in [0.25, 0.3) is 0 Å². The van der Waals surface area contributed by atoms with E-state index >= 15 is 0 Å². The molecular formula is C35H40Br2O6S2. The van der Waals surface area contributed by atoms with Gasteiger partial charge in [0.25, 0.3) is 0 Å². The zero-order valence-corrected chi connectivity index (χ0v) is 30.3. The second-order valence-corrected chi connectivity index (χ2v) is 16.0. The first kappa shape index (κ1) is 35.0. The van der Waals surface area contributed by atoms with Crippen LogP contribution >= 0.6 is 43.6 Å². The molecule has 0 aliphatic carbocycles. The Morgan fingerprint density at radius 2 is 1.44 bits per heavy atom. The summed E-state index contributed by atoms with van der Waals surface area (Å²) in [6.07, 6.45) is 7.08. The monoisotopic (exact) mass is 778 g/mol. The summed E-state index contributed by atoms with van der Waals surface area (Å²) in [6, 6.07) is 26.4. The molecule has 10 heteroatoms. The van der Waals surface area contributed by atoms with Crippen molar-refractivity contribution >= 4 is 54.4 Å². The lowest BCUT2D eigenvalue weighted by Crippen LogP contribution is -2.61. The highest BCUT2D eigenvalue weighted by Crippen LogP contribution is 2.36. The predicted octanol–water partition coefficient (Wildman–Crippen LogP) is 7.84. The maximum atomic E-state index is 12.7. The van der Waals surface area contributed by atoms with Gasteiger partial charge in [-0.15, -0.1) is 11.8 Å². The second kappa shape index (κ2) is 17.7. The molecule has 5 rings (SSSR count). The van der Waals surface area contributed by atoms with Crippen LogP contribution in [-0.2, 0) is 54.3 Å². The van der Waals surface area contributed by atoms with Crippen LogP contribution < -0.4 is 0 Å². The topological polar surface area (TPSA) is 63.2 Å². The van der Waals surface area contributed by atoms with Gasteiger partial charge in [0.1, 0.15) is 18.3 Å². The molecule has 1 fully saturated rings. The number of benzene rings is 3. The molecule has 2 aliphatic rings. The summed E-state index contributed by atoms with van der Waals surface area (Å²) in [4.78, 5) is 0. The van der Waals surface area contributed by atoms with Crippen molar-refractivity contribution in [3.8, 4) is 0 Å². The SMILES string of the molecule is CSC(C[C@H]1O[C@H]2CC=C[C@H](COCc3ccc(Br)cc3)O[C@@H]2[C@@H](OCc2ccccc2)[C@@H]1OCc1ccc(Br)cc1)S(C)=O. The molecular weight excluding hydrogens is 740 g/mol. The maximum absolute atomic E-state index is 12.7. The molecule has 0 N–H and O–H groups in total. The second-order valence-electron chi connectivity index (χ2n) is 11.2. The number of fused-ring (bicyclic) bond motifs is 1. The molecule has 1 saturated heterocycles. The van der Waals surface area contributed by atoms with E-state index in [2.05, 4.69) is 56.1 Å². The Morgan fingerprint density at radius 1 is 0.844 bits per heavy atom. The Morgan fingerprint density at radius 3 is 2.07 bits per heavy atom. The summed E-state index contributed by atoms with van der Waals surface area (Å²) in [7, 11) is -1.03. The average molecular weight is 781 g/mol. The molecule has 0 radical (unpaired) electrons. The van der Waals surface area contributed by atoms with E-state index in [4.69, 9.17) is 23.7 Å². The fourth-order valence-corrected chi connectivity index (χ4v) is 8.06. The van der Waals surface area contributed by atoms with Gasteiger partial charge in [-0.3, -0.25) is 4.21 Å². The van der Waals surface area contributed by atoms with Crippen LogP contribution in [0.4, 0.5) is 0 Å². The standard InChI is InChI=1S/C35H40Br2O6S2/c1-44-32(45(2)38)19-31-33(40-22-26-13-17-28(37)18-14-26)35(41-21-24-7-4-3-5-8-24)34-30(43-31)10-6-9-29(42-34)23-39-20-25-11-15-27(36)16-12-25/h3-9,11-18,29-35H,10,19-23H2,1-2H3/t29-,30+,31-,32?,33-,34+,35+,45?/m1/s1. The van der Waals surface area contributed by atoms with Crippen LogP contribution in [0.5, 0.6) is 0 Å². The Balaban J connectivity index is 1.38. The molecule has 0 spiro atoms. The van der Waals surface area contributed by atoms with Gasteiger partial charge in [0.15, 0.2) is 0 Å². The van der Waals surface area contributed by atoms with Crippen molar-refractivity contribution in [2.75, 3.05) is 19.1 Å². The van der Waals surface area contributed by atoms with E-state index in [9.17, 15) is 4.21 Å². The van der Waals surface area contributed by atoms with Gasteiger partial charge in [-0.1, -0.05) is 98.6 Å². The van der Waals surface area contributed by atoms with Crippen molar-refractivity contribution in [3.05, 3.63) is 117 Å². The van der Waals surface area contributed by atoms with E-state index in [0.29, 0.717) is 39.3 Å². The maximum Gasteiger partial charge on any atom is 0.115 e. The molecule has 0 aromatic heterocycles. The summed E-state index contributed by atoms with van der Waals surface area (Å²) >= 11 is 8.61. The van der Waals surface area contributed by atoms with E-state index in [0.717, 1.165) is 25.6 Å². The van der Waals surface area contributed by atoms with Crippen LogP contribution in [0.1, 0.15) is 29.5 Å². The van der Waals surface area contributed by atoms with Gasteiger partial charge in [-0.2, -0.15) is 0 Å². The van der Waals surface area contributed by atoms with E-state index < -0.39 is 29.1 Å². The minimum absolute atomic E-state index is 0.0953. The molecule has 2 heterocycles. The third-order valence-electron chi connectivity index (χ3n) is 7.94. The highest BCUT2D eigenvalue weighted by atomic mass is 79.9. The average Bonchev–Trinajstić information content (AvgIpc) is 3.25. The normalized spacial score (nSPS) is 26.1. The van der Waals surface area contributed by atoms with Crippen molar-refractivity contribution in [1.29, 1.82) is 0 Å². The van der Waals surface area contributed by atoms with Gasteiger partial charge in [-0.05, 0) is 60.1 Å². The van der Waals surface area contributed by atoms with E-state index in [1.807, 2.05) is 73.0 Å².